The number of nitrogens with one attached hydrogen (secondary N) is 2. The molecule has 1 heterocycles. The summed E-state index contributed by atoms with van der Waals surface area (Å²) in [6, 6.07) is 12.3. The number of para-hydroxylation sites is 1. The second-order valence-electron chi connectivity index (χ2n) is 8.09. The molecular weight excluding hydrogens is 442 g/mol. The zero-order valence-corrected chi connectivity index (χ0v) is 20.1. The normalized spacial score (nSPS) is 16.3. The summed E-state index contributed by atoms with van der Waals surface area (Å²) in [5, 5.41) is 2.88. The highest BCUT2D eigenvalue weighted by Crippen LogP contribution is 2.31. The third-order valence-corrected chi connectivity index (χ3v) is 7.24. The molecule has 1 aliphatic heterocycles. The number of benzene rings is 2. The van der Waals surface area contributed by atoms with Crippen molar-refractivity contribution in [1.82, 2.24) is 10.0 Å². The van der Waals surface area contributed by atoms with Crippen molar-refractivity contribution in [2.75, 3.05) is 31.7 Å². The lowest BCUT2D eigenvalue weighted by molar-refractivity contribution is -0.126. The van der Waals surface area contributed by atoms with Crippen molar-refractivity contribution in [3.8, 4) is 0 Å². The van der Waals surface area contributed by atoms with Gasteiger partial charge in [-0.2, -0.15) is 0 Å². The number of hydrogen-bond donors (Lipinski definition) is 2. The predicted octanol–water partition coefficient (Wildman–Crippen LogP) is 2.15. The molecule has 0 radical (unpaired) electrons. The lowest BCUT2D eigenvalue weighted by atomic mass is 10.0. The van der Waals surface area contributed by atoms with Gasteiger partial charge in [-0.1, -0.05) is 37.3 Å². The molecule has 1 atom stereocenters. The summed E-state index contributed by atoms with van der Waals surface area (Å²) in [4.78, 5) is 27.3. The van der Waals surface area contributed by atoms with Crippen LogP contribution < -0.4 is 14.9 Å². The molecule has 1 fully saturated rings. The molecule has 1 unspecified atom stereocenters. The molecule has 9 heteroatoms. The Hall–Kier alpha value is -2.75. The second kappa shape index (κ2) is 10.9. The third-order valence-electron chi connectivity index (χ3n) is 5.77. The average Bonchev–Trinajstić information content (AvgIpc) is 3.18. The maximum Gasteiger partial charge on any atom is 0.240 e. The molecule has 1 saturated heterocycles. The van der Waals surface area contributed by atoms with Crippen molar-refractivity contribution in [1.29, 1.82) is 0 Å². The number of anilines is 1. The van der Waals surface area contributed by atoms with E-state index in [-0.39, 0.29) is 42.8 Å². The van der Waals surface area contributed by atoms with Crippen LogP contribution in [-0.2, 0) is 37.3 Å². The quantitative estimate of drug-likeness (QED) is 0.515. The number of nitrogens with zero attached hydrogens (tertiary/aromatic N) is 1. The first-order chi connectivity index (χ1) is 15.8. The number of methoxy groups -OCH3 is 1. The number of amides is 2. The summed E-state index contributed by atoms with van der Waals surface area (Å²) in [6.07, 6.45) is 0.985. The van der Waals surface area contributed by atoms with E-state index in [1.54, 1.807) is 17.0 Å². The molecule has 0 spiro atoms. The Balaban J connectivity index is 1.59. The first-order valence-electron chi connectivity index (χ1n) is 11.0. The molecule has 2 amide bonds. The van der Waals surface area contributed by atoms with Gasteiger partial charge in [0, 0.05) is 38.9 Å². The predicted molar refractivity (Wildman–Crippen MR) is 126 cm³/mol. The summed E-state index contributed by atoms with van der Waals surface area (Å²) in [6.45, 7) is 5.11. The lowest BCUT2D eigenvalue weighted by Gasteiger charge is -2.22. The second-order valence-corrected chi connectivity index (χ2v) is 9.86. The van der Waals surface area contributed by atoms with Crippen LogP contribution in [0.3, 0.4) is 0 Å². The van der Waals surface area contributed by atoms with Gasteiger partial charge in [-0.05, 0) is 42.2 Å². The Morgan fingerprint density at radius 2 is 1.91 bits per heavy atom. The van der Waals surface area contributed by atoms with E-state index in [0.717, 1.165) is 28.8 Å². The van der Waals surface area contributed by atoms with Crippen LogP contribution in [0.2, 0.25) is 0 Å². The van der Waals surface area contributed by atoms with Crippen molar-refractivity contribution in [3.05, 3.63) is 59.2 Å². The van der Waals surface area contributed by atoms with Gasteiger partial charge < -0.3 is 15.0 Å². The van der Waals surface area contributed by atoms with Crippen LogP contribution in [0.1, 0.15) is 30.0 Å². The van der Waals surface area contributed by atoms with Crippen LogP contribution in [0.5, 0.6) is 0 Å². The Morgan fingerprint density at radius 1 is 1.18 bits per heavy atom. The number of rotatable bonds is 10. The minimum atomic E-state index is -3.60. The van der Waals surface area contributed by atoms with E-state index >= 15 is 0 Å². The SMILES string of the molecule is CCc1cccc(C)c1N1CC(C(=O)NCc2ccc(S(=O)(=O)NCCOC)cc2)CC1=O. The smallest absolute Gasteiger partial charge is 0.240 e. The number of hydrogen-bond acceptors (Lipinski definition) is 5. The average molecular weight is 474 g/mol. The number of ether oxygens (including phenoxy) is 1. The molecule has 0 aromatic heterocycles. The van der Waals surface area contributed by atoms with E-state index in [9.17, 15) is 18.0 Å². The fourth-order valence-corrected chi connectivity index (χ4v) is 4.99. The third kappa shape index (κ3) is 5.98. The molecule has 0 aliphatic carbocycles. The molecule has 178 valence electrons. The molecule has 0 bridgehead atoms. The number of carbonyl (C=O) groups excluding carboxylic acids is 2. The topological polar surface area (TPSA) is 105 Å². The number of aryl methyl sites for hydroxylation is 2. The summed E-state index contributed by atoms with van der Waals surface area (Å²) in [5.41, 5.74) is 3.80. The molecule has 2 N–H and O–H groups in total. The molecule has 33 heavy (non-hydrogen) atoms. The van der Waals surface area contributed by atoms with Gasteiger partial charge in [0.1, 0.15) is 0 Å². The van der Waals surface area contributed by atoms with E-state index in [1.165, 1.54) is 19.2 Å². The van der Waals surface area contributed by atoms with Crippen molar-refractivity contribution in [2.45, 2.75) is 38.1 Å². The maximum atomic E-state index is 12.7. The molecule has 8 nitrogen and oxygen atoms in total. The molecule has 3 rings (SSSR count). The van der Waals surface area contributed by atoms with Crippen molar-refractivity contribution in [2.24, 2.45) is 5.92 Å². The maximum absolute atomic E-state index is 12.7. The van der Waals surface area contributed by atoms with E-state index < -0.39 is 15.9 Å². The Labute approximate surface area is 195 Å². The summed E-state index contributed by atoms with van der Waals surface area (Å²) < 4.78 is 31.8. The van der Waals surface area contributed by atoms with E-state index in [4.69, 9.17) is 4.74 Å². The first kappa shape index (κ1) is 24.9. The van der Waals surface area contributed by atoms with Gasteiger partial charge in [0.15, 0.2) is 0 Å². The van der Waals surface area contributed by atoms with Crippen LogP contribution >= 0.6 is 0 Å². The minimum Gasteiger partial charge on any atom is -0.383 e. The largest absolute Gasteiger partial charge is 0.383 e. The van der Waals surface area contributed by atoms with Crippen LogP contribution in [-0.4, -0.2) is 47.0 Å². The van der Waals surface area contributed by atoms with E-state index in [2.05, 4.69) is 17.0 Å². The molecular formula is C24H31N3O5S. The lowest BCUT2D eigenvalue weighted by Crippen LogP contribution is -2.33. The van der Waals surface area contributed by atoms with Crippen LogP contribution in [0.25, 0.3) is 0 Å². The Morgan fingerprint density at radius 3 is 2.58 bits per heavy atom. The molecule has 2 aromatic rings. The van der Waals surface area contributed by atoms with Gasteiger partial charge in [0.2, 0.25) is 21.8 Å². The van der Waals surface area contributed by atoms with Crippen molar-refractivity contribution >= 4 is 27.5 Å². The van der Waals surface area contributed by atoms with Crippen molar-refractivity contribution in [3.63, 3.8) is 0 Å². The van der Waals surface area contributed by atoms with E-state index in [1.807, 2.05) is 25.1 Å². The highest BCUT2D eigenvalue weighted by atomic mass is 32.2. The highest BCUT2D eigenvalue weighted by Gasteiger charge is 2.36. The minimum absolute atomic E-state index is 0.0466. The highest BCUT2D eigenvalue weighted by molar-refractivity contribution is 7.89. The van der Waals surface area contributed by atoms with Gasteiger partial charge in [0.05, 0.1) is 17.4 Å². The van der Waals surface area contributed by atoms with Crippen LogP contribution in [0.4, 0.5) is 5.69 Å². The van der Waals surface area contributed by atoms with Gasteiger partial charge in [0.25, 0.3) is 0 Å². The van der Waals surface area contributed by atoms with Crippen LogP contribution in [0.15, 0.2) is 47.4 Å². The fraction of sp³-hybridized carbons (Fsp3) is 0.417. The summed E-state index contributed by atoms with van der Waals surface area (Å²) in [5.74, 6) is -0.656. The van der Waals surface area contributed by atoms with Crippen molar-refractivity contribution < 1.29 is 22.7 Å². The van der Waals surface area contributed by atoms with Gasteiger partial charge in [-0.25, -0.2) is 13.1 Å². The zero-order chi connectivity index (χ0) is 24.0. The molecule has 2 aromatic carbocycles. The van der Waals surface area contributed by atoms with Gasteiger partial charge in [-0.3, -0.25) is 9.59 Å². The Bertz CT molecular complexity index is 1100. The van der Waals surface area contributed by atoms with E-state index in [0.29, 0.717) is 6.54 Å². The fourth-order valence-electron chi connectivity index (χ4n) is 3.97. The van der Waals surface area contributed by atoms with Gasteiger partial charge >= 0.3 is 0 Å². The monoisotopic (exact) mass is 473 g/mol. The standard InChI is InChI=1S/C24H31N3O5S/c1-4-19-7-5-6-17(2)23(19)27-16-20(14-22(27)28)24(29)25-15-18-8-10-21(11-9-18)33(30,31)26-12-13-32-3/h5-11,20,26H,4,12-16H2,1-3H3,(H,25,29). The summed E-state index contributed by atoms with van der Waals surface area (Å²) in [7, 11) is -2.10. The zero-order valence-electron chi connectivity index (χ0n) is 19.3. The Kier molecular flexibility index (Phi) is 8.23. The first-order valence-corrected chi connectivity index (χ1v) is 12.5. The number of carbonyl (C=O) groups is 2. The molecule has 1 aliphatic rings. The van der Waals surface area contributed by atoms with Crippen LogP contribution in [0, 0.1) is 12.8 Å². The summed E-state index contributed by atoms with van der Waals surface area (Å²) >= 11 is 0. The molecule has 0 saturated carbocycles. The number of sulfonamides is 1. The van der Waals surface area contributed by atoms with Gasteiger partial charge in [-0.15, -0.1) is 0 Å².